The van der Waals surface area contributed by atoms with E-state index in [1.807, 2.05) is 0 Å². The fraction of sp³-hybridized carbons (Fsp3) is 0.529. The highest BCUT2D eigenvalue weighted by atomic mass is 16.3. The molecule has 1 nitrogen and oxygen atoms in total. The molecule has 0 spiro atoms. The normalized spacial score (nSPS) is 11.9. The van der Waals surface area contributed by atoms with Crippen LogP contribution in [0.3, 0.4) is 0 Å². The zero-order chi connectivity index (χ0) is 13.1. The zero-order valence-electron chi connectivity index (χ0n) is 12.0. The first-order valence-corrected chi connectivity index (χ1v) is 7.06. The summed E-state index contributed by atoms with van der Waals surface area (Å²) in [5.41, 5.74) is 2.48. The molecule has 0 radical (unpaired) electrons. The Labute approximate surface area is 110 Å². The highest BCUT2D eigenvalue weighted by molar-refractivity contribution is 5.81. The van der Waals surface area contributed by atoms with Crippen LogP contribution in [0.2, 0.25) is 0 Å². The van der Waals surface area contributed by atoms with E-state index >= 15 is 0 Å². The molecule has 1 aromatic carbocycles. The minimum Gasteiger partial charge on any atom is -0.461 e. The van der Waals surface area contributed by atoms with Crippen LogP contribution in [0, 0.1) is 11.8 Å². The quantitative estimate of drug-likeness (QED) is 0.702. The molecule has 0 aliphatic heterocycles. The van der Waals surface area contributed by atoms with E-state index in [-0.39, 0.29) is 0 Å². The summed E-state index contributed by atoms with van der Waals surface area (Å²) in [6.45, 7) is 9.01. The maximum Gasteiger partial charge on any atom is 0.134 e. The van der Waals surface area contributed by atoms with Crippen LogP contribution < -0.4 is 0 Å². The van der Waals surface area contributed by atoms with Crippen molar-refractivity contribution in [3.8, 4) is 0 Å². The standard InChI is InChI=1S/C17H24O/c1-12(2)8-9-14-6-5-7-17-16(14)11-15(18-17)10-13(3)4/h5-7,11-13H,8-10H2,1-4H3. The summed E-state index contributed by atoms with van der Waals surface area (Å²) < 4.78 is 5.93. The van der Waals surface area contributed by atoms with Crippen molar-refractivity contribution in [2.45, 2.75) is 47.0 Å². The second-order valence-electron chi connectivity index (χ2n) is 6.07. The Morgan fingerprint density at radius 1 is 1.06 bits per heavy atom. The zero-order valence-corrected chi connectivity index (χ0v) is 12.0. The minimum absolute atomic E-state index is 0.643. The number of benzene rings is 1. The topological polar surface area (TPSA) is 13.1 Å². The van der Waals surface area contributed by atoms with Gasteiger partial charge >= 0.3 is 0 Å². The summed E-state index contributed by atoms with van der Waals surface area (Å²) in [4.78, 5) is 0. The van der Waals surface area contributed by atoms with E-state index in [1.54, 1.807) is 0 Å². The van der Waals surface area contributed by atoms with Gasteiger partial charge in [-0.15, -0.1) is 0 Å². The third-order valence-corrected chi connectivity index (χ3v) is 3.30. The van der Waals surface area contributed by atoms with Gasteiger partial charge < -0.3 is 4.42 Å². The van der Waals surface area contributed by atoms with Crippen molar-refractivity contribution in [3.05, 3.63) is 35.6 Å². The predicted molar refractivity (Wildman–Crippen MR) is 77.9 cm³/mol. The van der Waals surface area contributed by atoms with Gasteiger partial charge in [0.15, 0.2) is 0 Å². The molecule has 1 aromatic heterocycles. The molecule has 0 saturated carbocycles. The first-order chi connectivity index (χ1) is 8.56. The average Bonchev–Trinajstić information content (AvgIpc) is 2.67. The molecule has 0 atom stereocenters. The largest absolute Gasteiger partial charge is 0.461 e. The number of hydrogen-bond acceptors (Lipinski definition) is 1. The first kappa shape index (κ1) is 13.2. The number of furan rings is 1. The number of rotatable bonds is 5. The van der Waals surface area contributed by atoms with Crippen LogP contribution in [-0.2, 0) is 12.8 Å². The van der Waals surface area contributed by atoms with Gasteiger partial charge in [0, 0.05) is 11.8 Å². The molecule has 1 heterocycles. The Kier molecular flexibility index (Phi) is 4.11. The van der Waals surface area contributed by atoms with E-state index in [2.05, 4.69) is 52.0 Å². The van der Waals surface area contributed by atoms with E-state index in [9.17, 15) is 0 Å². The molecule has 0 fully saturated rings. The van der Waals surface area contributed by atoms with Crippen LogP contribution in [0.25, 0.3) is 11.0 Å². The molecule has 0 N–H and O–H groups in total. The van der Waals surface area contributed by atoms with E-state index < -0.39 is 0 Å². The molecule has 1 heteroatoms. The molecule has 2 aromatic rings. The maximum atomic E-state index is 5.93. The third-order valence-electron chi connectivity index (χ3n) is 3.30. The van der Waals surface area contributed by atoms with Gasteiger partial charge in [0.25, 0.3) is 0 Å². The SMILES string of the molecule is CC(C)CCc1cccc2oc(CC(C)C)cc12. The molecule has 0 unspecified atom stereocenters. The van der Waals surface area contributed by atoms with Crippen LogP contribution in [0.1, 0.15) is 45.4 Å². The van der Waals surface area contributed by atoms with E-state index in [1.165, 1.54) is 17.4 Å². The Balaban J connectivity index is 2.27. The lowest BCUT2D eigenvalue weighted by Crippen LogP contribution is -1.92. The third kappa shape index (κ3) is 3.16. The summed E-state index contributed by atoms with van der Waals surface area (Å²) in [7, 11) is 0. The average molecular weight is 244 g/mol. The Bertz CT molecular complexity index is 505. The lowest BCUT2D eigenvalue weighted by Gasteiger charge is -2.05. The van der Waals surface area contributed by atoms with Gasteiger partial charge in [-0.3, -0.25) is 0 Å². The Morgan fingerprint density at radius 2 is 1.83 bits per heavy atom. The molecule has 2 rings (SSSR count). The van der Waals surface area contributed by atoms with Gasteiger partial charge in [-0.2, -0.15) is 0 Å². The molecule has 98 valence electrons. The molecular formula is C17H24O. The molecular weight excluding hydrogens is 220 g/mol. The lowest BCUT2D eigenvalue weighted by atomic mass is 10.00. The van der Waals surface area contributed by atoms with Gasteiger partial charge in [0.2, 0.25) is 0 Å². The van der Waals surface area contributed by atoms with Crippen molar-refractivity contribution in [1.29, 1.82) is 0 Å². The van der Waals surface area contributed by atoms with Gasteiger partial charge in [0.05, 0.1) is 0 Å². The van der Waals surface area contributed by atoms with Crippen LogP contribution in [0.15, 0.2) is 28.7 Å². The summed E-state index contributed by atoms with van der Waals surface area (Å²) in [5, 5.41) is 1.31. The van der Waals surface area contributed by atoms with Crippen molar-refractivity contribution < 1.29 is 4.42 Å². The van der Waals surface area contributed by atoms with E-state index in [0.29, 0.717) is 5.92 Å². The summed E-state index contributed by atoms with van der Waals surface area (Å²) >= 11 is 0. The second kappa shape index (κ2) is 5.60. The molecule has 0 aliphatic rings. The highest BCUT2D eigenvalue weighted by Crippen LogP contribution is 2.26. The van der Waals surface area contributed by atoms with Crippen molar-refractivity contribution >= 4 is 11.0 Å². The smallest absolute Gasteiger partial charge is 0.134 e. The summed E-state index contributed by atoms with van der Waals surface area (Å²) in [6.07, 6.45) is 3.41. The van der Waals surface area contributed by atoms with Crippen LogP contribution in [0.5, 0.6) is 0 Å². The monoisotopic (exact) mass is 244 g/mol. The van der Waals surface area contributed by atoms with Gasteiger partial charge in [-0.1, -0.05) is 39.8 Å². The second-order valence-corrected chi connectivity index (χ2v) is 6.07. The Hall–Kier alpha value is -1.24. The molecule has 0 aliphatic carbocycles. The number of hydrogen-bond donors (Lipinski definition) is 0. The number of aryl methyl sites for hydroxylation is 1. The van der Waals surface area contributed by atoms with E-state index in [4.69, 9.17) is 4.42 Å². The van der Waals surface area contributed by atoms with Crippen LogP contribution in [-0.4, -0.2) is 0 Å². The highest BCUT2D eigenvalue weighted by Gasteiger charge is 2.09. The van der Waals surface area contributed by atoms with Crippen LogP contribution in [0.4, 0.5) is 0 Å². The Morgan fingerprint density at radius 3 is 2.50 bits per heavy atom. The van der Waals surface area contributed by atoms with Gasteiger partial charge in [0.1, 0.15) is 11.3 Å². The van der Waals surface area contributed by atoms with E-state index in [0.717, 1.165) is 30.1 Å². The summed E-state index contributed by atoms with van der Waals surface area (Å²) in [5.74, 6) is 2.52. The van der Waals surface area contributed by atoms with Gasteiger partial charge in [-0.05, 0) is 42.4 Å². The summed E-state index contributed by atoms with van der Waals surface area (Å²) in [6, 6.07) is 8.67. The van der Waals surface area contributed by atoms with Crippen LogP contribution >= 0.6 is 0 Å². The predicted octanol–water partition coefficient (Wildman–Crippen LogP) is 5.22. The van der Waals surface area contributed by atoms with Crippen molar-refractivity contribution in [1.82, 2.24) is 0 Å². The van der Waals surface area contributed by atoms with Crippen molar-refractivity contribution in [2.75, 3.05) is 0 Å². The maximum absolute atomic E-state index is 5.93. The minimum atomic E-state index is 0.643. The molecule has 0 saturated heterocycles. The number of fused-ring (bicyclic) bond motifs is 1. The lowest BCUT2D eigenvalue weighted by molar-refractivity contribution is 0.500. The molecule has 0 bridgehead atoms. The molecule has 0 amide bonds. The van der Waals surface area contributed by atoms with Crippen molar-refractivity contribution in [3.63, 3.8) is 0 Å². The van der Waals surface area contributed by atoms with Crippen molar-refractivity contribution in [2.24, 2.45) is 11.8 Å². The fourth-order valence-electron chi connectivity index (χ4n) is 2.34. The van der Waals surface area contributed by atoms with Gasteiger partial charge in [-0.25, -0.2) is 0 Å². The first-order valence-electron chi connectivity index (χ1n) is 7.06. The molecule has 18 heavy (non-hydrogen) atoms. The fourth-order valence-corrected chi connectivity index (χ4v) is 2.34.